The molecule has 34 heavy (non-hydrogen) atoms. The quantitative estimate of drug-likeness (QED) is 0.324. The number of aliphatic hydroxyl groups excluding tert-OH is 1. The molecule has 1 amide bonds. The third-order valence-corrected chi connectivity index (χ3v) is 5.10. The molecule has 0 saturated heterocycles. The van der Waals surface area contributed by atoms with Gasteiger partial charge in [-0.1, -0.05) is 36.4 Å². The van der Waals surface area contributed by atoms with Crippen molar-refractivity contribution in [1.29, 1.82) is 0 Å². The van der Waals surface area contributed by atoms with E-state index in [0.29, 0.717) is 16.3 Å². The Morgan fingerprint density at radius 2 is 1.88 bits per heavy atom. The minimum Gasteiger partial charge on any atom is -0.382 e. The van der Waals surface area contributed by atoms with E-state index in [1.54, 1.807) is 0 Å². The molecule has 182 valence electrons. The molecule has 0 bridgehead atoms. The highest BCUT2D eigenvalue weighted by atomic mass is 35.5. The van der Waals surface area contributed by atoms with Gasteiger partial charge in [-0.25, -0.2) is 8.78 Å². The number of nitrogens with one attached hydrogen (secondary N) is 1. The summed E-state index contributed by atoms with van der Waals surface area (Å²) in [5.41, 5.74) is -0.185. The Morgan fingerprint density at radius 1 is 1.21 bits per heavy atom. The summed E-state index contributed by atoms with van der Waals surface area (Å²) in [4.78, 5) is 17.0. The number of hydrogen-bond acceptors (Lipinski definition) is 3. The molecule has 0 fully saturated rings. The summed E-state index contributed by atoms with van der Waals surface area (Å²) in [6.45, 7) is 5.99. The average Bonchev–Trinajstić information content (AvgIpc) is 2.78. The molecule has 2 rings (SSSR count). The second-order valence-electron chi connectivity index (χ2n) is 7.40. The van der Waals surface area contributed by atoms with Crippen molar-refractivity contribution in [3.8, 4) is 11.3 Å². The van der Waals surface area contributed by atoms with Gasteiger partial charge in [0.1, 0.15) is 6.10 Å². The van der Waals surface area contributed by atoms with E-state index in [1.165, 1.54) is 49.5 Å². The Hall–Kier alpha value is -3.04. The predicted molar refractivity (Wildman–Crippen MR) is 121 cm³/mol. The van der Waals surface area contributed by atoms with Crippen LogP contribution in [0.3, 0.4) is 0 Å². The summed E-state index contributed by atoms with van der Waals surface area (Å²) in [5.74, 6) is -0.699. The largest absolute Gasteiger partial charge is 0.412 e. The zero-order valence-electron chi connectivity index (χ0n) is 18.2. The third kappa shape index (κ3) is 7.23. The normalized spacial score (nSPS) is 14.6. The monoisotopic (exact) mass is 500 g/mol. The van der Waals surface area contributed by atoms with Crippen LogP contribution < -0.4 is 5.32 Å². The van der Waals surface area contributed by atoms with Crippen LogP contribution in [0.1, 0.15) is 35.9 Å². The Morgan fingerprint density at radius 3 is 2.41 bits per heavy atom. The van der Waals surface area contributed by atoms with Crippen LogP contribution in [0.4, 0.5) is 22.0 Å². The summed E-state index contributed by atoms with van der Waals surface area (Å²) in [6.07, 6.45) is -5.05. The molecule has 2 atom stereocenters. The fraction of sp³-hybridized carbons (Fsp3) is 0.250. The number of hydrogen-bond donors (Lipinski definition) is 2. The maximum absolute atomic E-state index is 13.1. The summed E-state index contributed by atoms with van der Waals surface area (Å²) in [7, 11) is 0. The van der Waals surface area contributed by atoms with Gasteiger partial charge in [0, 0.05) is 22.9 Å². The van der Waals surface area contributed by atoms with Gasteiger partial charge in [0.25, 0.3) is 12.3 Å². The van der Waals surface area contributed by atoms with Gasteiger partial charge in [0.05, 0.1) is 16.8 Å². The molecule has 1 aromatic heterocycles. The van der Waals surface area contributed by atoms with Crippen LogP contribution in [0.15, 0.2) is 72.5 Å². The molecule has 0 aliphatic carbocycles. The van der Waals surface area contributed by atoms with Crippen LogP contribution >= 0.6 is 11.6 Å². The standard InChI is InChI=1S/C24H22ClF5N2O2/c1-4-15(6-5-13(2)24(28,29)30)14(3)32-23(34)18-10-16(20-8-7-19(25)12-31-20)9-17(11-18)21(33)22(26)27/h4-12,14,21-22,33H,1H2,2-3H3,(H,32,34)/b13-5+,15-6+/t14-,21?/m1/s1. The molecule has 10 heteroatoms. The average molecular weight is 501 g/mol. The summed E-state index contributed by atoms with van der Waals surface area (Å²) in [6, 6.07) is 6.08. The number of rotatable bonds is 8. The first-order valence-electron chi connectivity index (χ1n) is 9.95. The number of benzene rings is 1. The van der Waals surface area contributed by atoms with Crippen molar-refractivity contribution in [2.45, 2.75) is 38.6 Å². The second kappa shape index (κ2) is 11.4. The third-order valence-electron chi connectivity index (χ3n) is 4.88. The maximum atomic E-state index is 13.1. The molecular weight excluding hydrogens is 479 g/mol. The molecule has 1 aromatic carbocycles. The maximum Gasteiger partial charge on any atom is 0.412 e. The van der Waals surface area contributed by atoms with Crippen LogP contribution in [-0.2, 0) is 0 Å². The number of alkyl halides is 5. The fourth-order valence-electron chi connectivity index (χ4n) is 2.86. The minimum atomic E-state index is -4.49. The van der Waals surface area contributed by atoms with Crippen molar-refractivity contribution in [3.05, 3.63) is 88.6 Å². The number of aromatic nitrogens is 1. The van der Waals surface area contributed by atoms with E-state index >= 15 is 0 Å². The molecule has 0 aliphatic rings. The Labute approximate surface area is 198 Å². The van der Waals surface area contributed by atoms with E-state index in [9.17, 15) is 31.9 Å². The van der Waals surface area contributed by atoms with Gasteiger partial charge in [0.15, 0.2) is 0 Å². The van der Waals surface area contributed by atoms with Gasteiger partial charge in [-0.05, 0) is 55.3 Å². The van der Waals surface area contributed by atoms with Gasteiger partial charge < -0.3 is 10.4 Å². The minimum absolute atomic E-state index is 0.0544. The van der Waals surface area contributed by atoms with Gasteiger partial charge in [-0.3, -0.25) is 9.78 Å². The summed E-state index contributed by atoms with van der Waals surface area (Å²) < 4.78 is 64.4. The number of allylic oxidation sites excluding steroid dienone is 3. The highest BCUT2D eigenvalue weighted by molar-refractivity contribution is 6.30. The number of aliphatic hydroxyl groups is 1. The Balaban J connectivity index is 2.40. The molecule has 0 radical (unpaired) electrons. The van der Waals surface area contributed by atoms with Crippen molar-refractivity contribution in [2.24, 2.45) is 0 Å². The van der Waals surface area contributed by atoms with Gasteiger partial charge in [0.2, 0.25) is 0 Å². The lowest BCUT2D eigenvalue weighted by Gasteiger charge is -2.17. The van der Waals surface area contributed by atoms with E-state index in [2.05, 4.69) is 16.9 Å². The van der Waals surface area contributed by atoms with E-state index in [0.717, 1.165) is 19.1 Å². The van der Waals surface area contributed by atoms with Crippen LogP contribution in [-0.4, -0.2) is 34.6 Å². The molecular formula is C24H22ClF5N2O2. The number of carbonyl (C=O) groups is 1. The highest BCUT2D eigenvalue weighted by Crippen LogP contribution is 2.28. The van der Waals surface area contributed by atoms with Crippen molar-refractivity contribution in [2.75, 3.05) is 0 Å². The number of nitrogens with zero attached hydrogens (tertiary/aromatic N) is 1. The number of pyridine rings is 1. The van der Waals surface area contributed by atoms with Crippen LogP contribution in [0.25, 0.3) is 11.3 Å². The Kier molecular flexibility index (Phi) is 9.12. The molecule has 1 unspecified atom stereocenters. The topological polar surface area (TPSA) is 62.2 Å². The van der Waals surface area contributed by atoms with Crippen LogP contribution in [0, 0.1) is 0 Å². The van der Waals surface area contributed by atoms with Crippen LogP contribution in [0.2, 0.25) is 5.02 Å². The smallest absolute Gasteiger partial charge is 0.382 e. The number of amides is 1. The van der Waals surface area contributed by atoms with Crippen molar-refractivity contribution < 1.29 is 31.9 Å². The number of carbonyl (C=O) groups excluding carboxylic acids is 1. The second-order valence-corrected chi connectivity index (χ2v) is 7.83. The molecule has 2 N–H and O–H groups in total. The predicted octanol–water partition coefficient (Wildman–Crippen LogP) is 6.44. The first-order valence-corrected chi connectivity index (χ1v) is 10.3. The molecule has 0 spiro atoms. The van der Waals surface area contributed by atoms with Crippen molar-refractivity contribution in [1.82, 2.24) is 10.3 Å². The zero-order valence-corrected chi connectivity index (χ0v) is 19.0. The summed E-state index contributed by atoms with van der Waals surface area (Å²) in [5, 5.41) is 12.8. The van der Waals surface area contributed by atoms with E-state index in [-0.39, 0.29) is 16.7 Å². The lowest BCUT2D eigenvalue weighted by molar-refractivity contribution is -0.0913. The summed E-state index contributed by atoms with van der Waals surface area (Å²) >= 11 is 5.83. The van der Waals surface area contributed by atoms with Crippen molar-refractivity contribution in [3.63, 3.8) is 0 Å². The lowest BCUT2D eigenvalue weighted by atomic mass is 9.99. The molecule has 0 saturated carbocycles. The van der Waals surface area contributed by atoms with Gasteiger partial charge in [-0.15, -0.1) is 0 Å². The molecule has 0 aliphatic heterocycles. The SMILES string of the molecule is C=C/C(=C\C=C(/C)C(F)(F)F)[C@@H](C)NC(=O)c1cc(-c2ccc(Cl)cn2)cc(C(O)C(F)F)c1. The Bertz CT molecular complexity index is 1100. The van der Waals surface area contributed by atoms with Gasteiger partial charge in [-0.2, -0.15) is 13.2 Å². The van der Waals surface area contributed by atoms with Crippen molar-refractivity contribution >= 4 is 17.5 Å². The zero-order chi connectivity index (χ0) is 25.6. The van der Waals surface area contributed by atoms with Crippen LogP contribution in [0.5, 0.6) is 0 Å². The van der Waals surface area contributed by atoms with E-state index in [4.69, 9.17) is 11.6 Å². The lowest BCUT2D eigenvalue weighted by Crippen LogP contribution is -2.33. The number of halogens is 6. The molecule has 2 aromatic rings. The van der Waals surface area contributed by atoms with Gasteiger partial charge >= 0.3 is 6.18 Å². The molecule has 4 nitrogen and oxygen atoms in total. The first kappa shape index (κ1) is 27.2. The van der Waals surface area contributed by atoms with E-state index in [1.807, 2.05) is 0 Å². The first-order chi connectivity index (χ1) is 15.8. The van der Waals surface area contributed by atoms with E-state index < -0.39 is 36.2 Å². The molecule has 1 heterocycles. The fourth-order valence-corrected chi connectivity index (χ4v) is 2.97. The highest BCUT2D eigenvalue weighted by Gasteiger charge is 2.29.